The van der Waals surface area contributed by atoms with E-state index in [2.05, 4.69) is 10.3 Å². The number of methoxy groups -OCH3 is 2. The smallest absolute Gasteiger partial charge is 0.330 e. The highest BCUT2D eigenvalue weighted by Crippen LogP contribution is 2.25. The monoisotopic (exact) mass is 268 g/mol. The molecular formula is C12H16N2O5. The maximum absolute atomic E-state index is 10.8. The topological polar surface area (TPSA) is 101 Å². The Balaban J connectivity index is 3.17. The van der Waals surface area contributed by atoms with Gasteiger partial charge in [-0.1, -0.05) is 0 Å². The van der Waals surface area contributed by atoms with Gasteiger partial charge in [-0.3, -0.25) is 0 Å². The molecule has 0 aliphatic heterocycles. The minimum absolute atomic E-state index is 0.122. The fourth-order valence-electron chi connectivity index (χ4n) is 1.44. The molecule has 1 aromatic rings. The summed E-state index contributed by atoms with van der Waals surface area (Å²) in [6.07, 6.45) is 0.988. The van der Waals surface area contributed by atoms with E-state index in [9.17, 15) is 4.79 Å². The molecule has 0 atom stereocenters. The van der Waals surface area contributed by atoms with E-state index < -0.39 is 5.97 Å². The molecule has 0 saturated heterocycles. The van der Waals surface area contributed by atoms with Crippen molar-refractivity contribution in [1.29, 1.82) is 0 Å². The van der Waals surface area contributed by atoms with Gasteiger partial charge in [-0.2, -0.15) is 4.98 Å². The molecule has 1 aromatic heterocycles. The van der Waals surface area contributed by atoms with Crippen molar-refractivity contribution in [3.05, 3.63) is 23.8 Å². The van der Waals surface area contributed by atoms with Crippen molar-refractivity contribution in [3.8, 4) is 11.8 Å². The van der Waals surface area contributed by atoms with Crippen molar-refractivity contribution >= 4 is 11.7 Å². The maximum atomic E-state index is 10.8. The van der Waals surface area contributed by atoms with E-state index >= 15 is 0 Å². The summed E-state index contributed by atoms with van der Waals surface area (Å²) in [4.78, 5) is 14.9. The van der Waals surface area contributed by atoms with Crippen LogP contribution in [0.25, 0.3) is 5.70 Å². The number of pyridine rings is 1. The summed E-state index contributed by atoms with van der Waals surface area (Å²) in [5.41, 5.74) is 0.771. The van der Waals surface area contributed by atoms with Gasteiger partial charge in [-0.05, 0) is 6.07 Å². The van der Waals surface area contributed by atoms with Gasteiger partial charge in [0.2, 0.25) is 11.8 Å². The SMILES string of the molecule is COc1ccc(C(=CC(=O)O)NCCO)c(OC)n1. The molecule has 0 fully saturated rings. The lowest BCUT2D eigenvalue weighted by Crippen LogP contribution is -2.18. The number of rotatable bonds is 7. The summed E-state index contributed by atoms with van der Waals surface area (Å²) in [5, 5.41) is 20.4. The second-order valence-corrected chi connectivity index (χ2v) is 3.46. The molecule has 0 aliphatic carbocycles. The number of aliphatic hydroxyl groups is 1. The van der Waals surface area contributed by atoms with E-state index in [0.717, 1.165) is 6.08 Å². The first-order chi connectivity index (χ1) is 9.12. The van der Waals surface area contributed by atoms with Crippen LogP contribution >= 0.6 is 0 Å². The van der Waals surface area contributed by atoms with Gasteiger partial charge >= 0.3 is 5.97 Å². The van der Waals surface area contributed by atoms with Gasteiger partial charge in [-0.25, -0.2) is 4.79 Å². The van der Waals surface area contributed by atoms with Crippen LogP contribution in [0.1, 0.15) is 5.56 Å². The maximum Gasteiger partial charge on any atom is 0.330 e. The van der Waals surface area contributed by atoms with E-state index in [0.29, 0.717) is 17.1 Å². The molecule has 1 heterocycles. The Bertz CT molecular complexity index is 473. The number of nitrogens with zero attached hydrogens (tertiary/aromatic N) is 1. The van der Waals surface area contributed by atoms with Gasteiger partial charge in [0.15, 0.2) is 0 Å². The summed E-state index contributed by atoms with van der Waals surface area (Å²) in [5.74, 6) is -0.520. The Morgan fingerprint density at radius 2 is 2.16 bits per heavy atom. The first kappa shape index (κ1) is 14.8. The van der Waals surface area contributed by atoms with Crippen LogP contribution in [0.15, 0.2) is 18.2 Å². The summed E-state index contributed by atoms with van der Waals surface area (Å²) < 4.78 is 10.1. The van der Waals surface area contributed by atoms with Crippen molar-refractivity contribution in [2.45, 2.75) is 0 Å². The highest BCUT2D eigenvalue weighted by atomic mass is 16.5. The number of ether oxygens (including phenoxy) is 2. The molecule has 0 unspecified atom stereocenters. The molecule has 0 spiro atoms. The average Bonchev–Trinajstić information content (AvgIpc) is 2.42. The molecule has 104 valence electrons. The van der Waals surface area contributed by atoms with Gasteiger partial charge in [0, 0.05) is 18.7 Å². The Labute approximate surface area is 110 Å². The number of carboxylic acids is 1. The molecule has 19 heavy (non-hydrogen) atoms. The van der Waals surface area contributed by atoms with Crippen molar-refractivity contribution in [1.82, 2.24) is 10.3 Å². The molecule has 0 bridgehead atoms. The summed E-state index contributed by atoms with van der Waals surface area (Å²) in [6.45, 7) is 0.0944. The van der Waals surface area contributed by atoms with Gasteiger partial charge < -0.3 is 25.0 Å². The fraction of sp³-hybridized carbons (Fsp3) is 0.333. The summed E-state index contributed by atoms with van der Waals surface area (Å²) in [6, 6.07) is 3.22. The second-order valence-electron chi connectivity index (χ2n) is 3.46. The lowest BCUT2D eigenvalue weighted by atomic mass is 10.2. The number of hydrogen-bond acceptors (Lipinski definition) is 6. The zero-order chi connectivity index (χ0) is 14.3. The Kier molecular flexibility index (Phi) is 5.62. The lowest BCUT2D eigenvalue weighted by Gasteiger charge is -2.13. The van der Waals surface area contributed by atoms with Crippen molar-refractivity contribution < 1.29 is 24.5 Å². The molecule has 7 heteroatoms. The average molecular weight is 268 g/mol. The summed E-state index contributed by atoms with van der Waals surface area (Å²) >= 11 is 0. The number of aromatic nitrogens is 1. The zero-order valence-corrected chi connectivity index (χ0v) is 10.7. The highest BCUT2D eigenvalue weighted by molar-refractivity contribution is 5.90. The highest BCUT2D eigenvalue weighted by Gasteiger charge is 2.12. The number of hydrogen-bond donors (Lipinski definition) is 3. The second kappa shape index (κ2) is 7.22. The van der Waals surface area contributed by atoms with Crippen LogP contribution in [-0.2, 0) is 4.79 Å². The van der Waals surface area contributed by atoms with Crippen molar-refractivity contribution in [3.63, 3.8) is 0 Å². The van der Waals surface area contributed by atoms with Crippen molar-refractivity contribution in [2.75, 3.05) is 27.4 Å². The van der Waals surface area contributed by atoms with Crippen LogP contribution in [0.2, 0.25) is 0 Å². The van der Waals surface area contributed by atoms with Crippen LogP contribution < -0.4 is 14.8 Å². The van der Waals surface area contributed by atoms with Gasteiger partial charge in [-0.15, -0.1) is 0 Å². The molecule has 0 saturated carbocycles. The Hall–Kier alpha value is -2.28. The fourth-order valence-corrected chi connectivity index (χ4v) is 1.44. The Morgan fingerprint density at radius 1 is 1.42 bits per heavy atom. The number of nitrogens with one attached hydrogen (secondary N) is 1. The summed E-state index contributed by atoms with van der Waals surface area (Å²) in [7, 11) is 2.90. The van der Waals surface area contributed by atoms with Crippen LogP contribution in [0.5, 0.6) is 11.8 Å². The van der Waals surface area contributed by atoms with E-state index in [1.807, 2.05) is 0 Å². The van der Waals surface area contributed by atoms with Crippen molar-refractivity contribution in [2.24, 2.45) is 0 Å². The number of carboxylic acid groups (broad SMARTS) is 1. The van der Waals surface area contributed by atoms with Crippen LogP contribution in [-0.4, -0.2) is 48.5 Å². The molecule has 0 aliphatic rings. The van der Waals surface area contributed by atoms with E-state index in [1.165, 1.54) is 14.2 Å². The van der Waals surface area contributed by atoms with Gasteiger partial charge in [0.05, 0.1) is 32.1 Å². The molecule has 1 rings (SSSR count). The predicted molar refractivity (Wildman–Crippen MR) is 68.0 cm³/mol. The standard InChI is InChI=1S/C12H16N2O5/c1-18-10-4-3-8(12(14-10)19-2)9(7-11(16)17)13-5-6-15/h3-4,7,13,15H,5-6H2,1-2H3,(H,16,17). The number of aliphatic hydroxyl groups excluding tert-OH is 1. The largest absolute Gasteiger partial charge is 0.481 e. The molecule has 0 aromatic carbocycles. The lowest BCUT2D eigenvalue weighted by molar-refractivity contribution is -0.131. The third-order valence-electron chi connectivity index (χ3n) is 2.22. The normalized spacial score (nSPS) is 11.0. The van der Waals surface area contributed by atoms with Crippen LogP contribution in [0.4, 0.5) is 0 Å². The van der Waals surface area contributed by atoms with Crippen LogP contribution in [0.3, 0.4) is 0 Å². The molecule has 0 amide bonds. The first-order valence-corrected chi connectivity index (χ1v) is 5.51. The van der Waals surface area contributed by atoms with Gasteiger partial charge in [0.1, 0.15) is 0 Å². The first-order valence-electron chi connectivity index (χ1n) is 5.51. The Morgan fingerprint density at radius 3 is 2.68 bits per heavy atom. The minimum atomic E-state index is -1.11. The number of aliphatic carboxylic acids is 1. The van der Waals surface area contributed by atoms with E-state index in [4.69, 9.17) is 19.7 Å². The zero-order valence-electron chi connectivity index (χ0n) is 10.7. The minimum Gasteiger partial charge on any atom is -0.481 e. The third kappa shape index (κ3) is 4.14. The van der Waals surface area contributed by atoms with E-state index in [1.54, 1.807) is 12.1 Å². The molecular weight excluding hydrogens is 252 g/mol. The van der Waals surface area contributed by atoms with Crippen LogP contribution in [0, 0.1) is 0 Å². The predicted octanol–water partition coefficient (Wildman–Crippen LogP) is 0.106. The molecule has 3 N–H and O–H groups in total. The molecule has 0 radical (unpaired) electrons. The third-order valence-corrected chi connectivity index (χ3v) is 2.22. The quantitative estimate of drug-likeness (QED) is 0.603. The van der Waals surface area contributed by atoms with E-state index in [-0.39, 0.29) is 19.0 Å². The molecule has 7 nitrogen and oxygen atoms in total. The number of carbonyl (C=O) groups is 1. The van der Waals surface area contributed by atoms with Gasteiger partial charge in [0.25, 0.3) is 0 Å².